The number of nitrogens with zero attached hydrogens (tertiary/aromatic N) is 1. The average Bonchev–Trinajstić information content (AvgIpc) is 3.26. The van der Waals surface area contributed by atoms with Crippen LogP contribution in [0.15, 0.2) is 48.7 Å². The van der Waals surface area contributed by atoms with Crippen LogP contribution in [0.5, 0.6) is 5.88 Å². The maximum Gasteiger partial charge on any atom is 0.217 e. The van der Waals surface area contributed by atoms with Crippen molar-refractivity contribution in [2.24, 2.45) is 0 Å². The van der Waals surface area contributed by atoms with Gasteiger partial charge >= 0.3 is 0 Å². The molecule has 3 heteroatoms. The van der Waals surface area contributed by atoms with E-state index in [4.69, 9.17) is 4.74 Å². The fourth-order valence-corrected chi connectivity index (χ4v) is 2.47. The number of aromatic nitrogens is 1. The predicted octanol–water partition coefficient (Wildman–Crippen LogP) is 2.74. The summed E-state index contributed by atoms with van der Waals surface area (Å²) in [7, 11) is 1.66. The monoisotopic (exact) mass is 254 g/mol. The zero-order valence-electron chi connectivity index (χ0n) is 11.0. The topological polar surface area (TPSA) is 34.1 Å². The van der Waals surface area contributed by atoms with E-state index in [0.29, 0.717) is 17.8 Å². The third-order valence-electron chi connectivity index (χ3n) is 3.62. The van der Waals surface area contributed by atoms with Crippen molar-refractivity contribution >= 4 is 0 Å². The first kappa shape index (κ1) is 12.2. The highest BCUT2D eigenvalue weighted by molar-refractivity contribution is 5.29. The Balaban J connectivity index is 1.57. The molecule has 98 valence electrons. The molecule has 1 heterocycles. The Kier molecular flexibility index (Phi) is 3.47. The van der Waals surface area contributed by atoms with Gasteiger partial charge in [0.25, 0.3) is 0 Å². The Labute approximate surface area is 113 Å². The lowest BCUT2D eigenvalue weighted by Crippen LogP contribution is -2.18. The zero-order valence-corrected chi connectivity index (χ0v) is 11.0. The molecule has 19 heavy (non-hydrogen) atoms. The van der Waals surface area contributed by atoms with Crippen molar-refractivity contribution in [2.75, 3.05) is 7.11 Å². The molecule has 1 unspecified atom stereocenters. The minimum atomic E-state index is 0.576. The second-order valence-electron chi connectivity index (χ2n) is 4.91. The molecule has 1 aromatic carbocycles. The third-order valence-corrected chi connectivity index (χ3v) is 3.62. The first-order valence-electron chi connectivity index (χ1n) is 6.64. The molecule has 3 rings (SSSR count). The van der Waals surface area contributed by atoms with Crippen LogP contribution in [-0.4, -0.2) is 18.1 Å². The Morgan fingerprint density at radius 1 is 1.21 bits per heavy atom. The highest BCUT2D eigenvalue weighted by Gasteiger charge is 2.37. The molecule has 1 aliphatic carbocycles. The summed E-state index contributed by atoms with van der Waals surface area (Å²) in [4.78, 5) is 4.21. The standard InChI is InChI=1S/C16H18N2O/c1-19-16-13(8-5-9-17-16)11-18-15-10-14(15)12-6-3-2-4-7-12/h2-9,14-15,18H,10-11H2,1H3/t14?,15-/m1/s1. The Bertz CT molecular complexity index is 541. The lowest BCUT2D eigenvalue weighted by atomic mass is 10.1. The lowest BCUT2D eigenvalue weighted by molar-refractivity contribution is 0.390. The smallest absolute Gasteiger partial charge is 0.217 e. The zero-order chi connectivity index (χ0) is 13.1. The third kappa shape index (κ3) is 2.76. The van der Waals surface area contributed by atoms with Gasteiger partial charge in [0.15, 0.2) is 0 Å². The molecular weight excluding hydrogens is 236 g/mol. The molecule has 1 aromatic heterocycles. The van der Waals surface area contributed by atoms with Gasteiger partial charge in [-0.1, -0.05) is 36.4 Å². The van der Waals surface area contributed by atoms with Crippen LogP contribution in [0.25, 0.3) is 0 Å². The van der Waals surface area contributed by atoms with Crippen LogP contribution in [-0.2, 0) is 6.54 Å². The van der Waals surface area contributed by atoms with E-state index in [-0.39, 0.29) is 0 Å². The first-order chi connectivity index (χ1) is 9.38. The molecule has 0 radical (unpaired) electrons. The Morgan fingerprint density at radius 3 is 2.84 bits per heavy atom. The van der Waals surface area contributed by atoms with Crippen LogP contribution in [0.3, 0.4) is 0 Å². The van der Waals surface area contributed by atoms with E-state index in [1.807, 2.05) is 6.07 Å². The summed E-state index contributed by atoms with van der Waals surface area (Å²) in [5, 5.41) is 3.58. The first-order valence-corrected chi connectivity index (χ1v) is 6.64. The van der Waals surface area contributed by atoms with E-state index < -0.39 is 0 Å². The predicted molar refractivity (Wildman–Crippen MR) is 75.2 cm³/mol. The summed E-state index contributed by atoms with van der Waals surface area (Å²) in [5.41, 5.74) is 2.54. The maximum absolute atomic E-state index is 5.26. The summed E-state index contributed by atoms with van der Waals surface area (Å²) in [6, 6.07) is 15.3. The van der Waals surface area contributed by atoms with Crippen LogP contribution >= 0.6 is 0 Å². The number of rotatable bonds is 5. The average molecular weight is 254 g/mol. The van der Waals surface area contributed by atoms with Crippen LogP contribution in [0.2, 0.25) is 0 Å². The van der Waals surface area contributed by atoms with Gasteiger partial charge in [0.1, 0.15) is 0 Å². The van der Waals surface area contributed by atoms with E-state index in [9.17, 15) is 0 Å². The molecule has 2 atom stereocenters. The molecule has 0 saturated heterocycles. The van der Waals surface area contributed by atoms with Crippen molar-refractivity contribution < 1.29 is 4.74 Å². The van der Waals surface area contributed by atoms with Gasteiger partial charge in [-0.3, -0.25) is 0 Å². The van der Waals surface area contributed by atoms with E-state index in [0.717, 1.165) is 12.1 Å². The number of methoxy groups -OCH3 is 1. The minimum absolute atomic E-state index is 0.576. The van der Waals surface area contributed by atoms with Gasteiger partial charge in [0, 0.05) is 30.3 Å². The van der Waals surface area contributed by atoms with Crippen LogP contribution in [0.4, 0.5) is 0 Å². The Hall–Kier alpha value is -1.87. The van der Waals surface area contributed by atoms with Gasteiger partial charge in [-0.15, -0.1) is 0 Å². The molecule has 3 nitrogen and oxygen atoms in total. The van der Waals surface area contributed by atoms with E-state index in [1.165, 1.54) is 12.0 Å². The molecule has 1 aliphatic rings. The number of nitrogens with one attached hydrogen (secondary N) is 1. The van der Waals surface area contributed by atoms with Gasteiger partial charge in [-0.05, 0) is 18.1 Å². The number of hydrogen-bond acceptors (Lipinski definition) is 3. The molecule has 1 N–H and O–H groups in total. The largest absolute Gasteiger partial charge is 0.481 e. The molecule has 2 aromatic rings. The normalized spacial score (nSPS) is 21.1. The number of hydrogen-bond donors (Lipinski definition) is 1. The molecule has 1 fully saturated rings. The Morgan fingerprint density at radius 2 is 2.05 bits per heavy atom. The number of ether oxygens (including phenoxy) is 1. The van der Waals surface area contributed by atoms with Gasteiger partial charge in [0.05, 0.1) is 7.11 Å². The van der Waals surface area contributed by atoms with E-state index >= 15 is 0 Å². The summed E-state index contributed by atoms with van der Waals surface area (Å²) in [5.74, 6) is 1.37. The van der Waals surface area contributed by atoms with Crippen molar-refractivity contribution in [1.82, 2.24) is 10.3 Å². The molecule has 0 bridgehead atoms. The van der Waals surface area contributed by atoms with Crippen molar-refractivity contribution in [3.63, 3.8) is 0 Å². The molecule has 0 aliphatic heterocycles. The highest BCUT2D eigenvalue weighted by Crippen LogP contribution is 2.40. The molecule has 0 spiro atoms. The van der Waals surface area contributed by atoms with Crippen LogP contribution in [0, 0.1) is 0 Å². The summed E-state index contributed by atoms with van der Waals surface area (Å²) < 4.78 is 5.26. The van der Waals surface area contributed by atoms with Crippen molar-refractivity contribution in [2.45, 2.75) is 24.9 Å². The number of pyridine rings is 1. The van der Waals surface area contributed by atoms with E-state index in [2.05, 4.69) is 46.7 Å². The van der Waals surface area contributed by atoms with E-state index in [1.54, 1.807) is 13.3 Å². The SMILES string of the molecule is COc1ncccc1CN[C@@H]1CC1c1ccccc1. The quantitative estimate of drug-likeness (QED) is 0.891. The lowest BCUT2D eigenvalue weighted by Gasteiger charge is -2.08. The maximum atomic E-state index is 5.26. The summed E-state index contributed by atoms with van der Waals surface area (Å²) in [6.45, 7) is 0.811. The van der Waals surface area contributed by atoms with Crippen molar-refractivity contribution in [3.8, 4) is 5.88 Å². The van der Waals surface area contributed by atoms with Crippen molar-refractivity contribution in [1.29, 1.82) is 0 Å². The van der Waals surface area contributed by atoms with Gasteiger partial charge in [0.2, 0.25) is 5.88 Å². The number of benzene rings is 1. The second kappa shape index (κ2) is 5.41. The van der Waals surface area contributed by atoms with Gasteiger partial charge in [-0.2, -0.15) is 0 Å². The molecule has 0 amide bonds. The van der Waals surface area contributed by atoms with Gasteiger partial charge in [-0.25, -0.2) is 4.98 Å². The van der Waals surface area contributed by atoms with Crippen LogP contribution in [0.1, 0.15) is 23.5 Å². The molecular formula is C16H18N2O. The van der Waals surface area contributed by atoms with Crippen molar-refractivity contribution in [3.05, 3.63) is 59.8 Å². The fraction of sp³-hybridized carbons (Fsp3) is 0.312. The van der Waals surface area contributed by atoms with Gasteiger partial charge < -0.3 is 10.1 Å². The minimum Gasteiger partial charge on any atom is -0.481 e. The second-order valence-corrected chi connectivity index (χ2v) is 4.91. The summed E-state index contributed by atoms with van der Waals surface area (Å²) in [6.07, 6.45) is 2.97. The summed E-state index contributed by atoms with van der Waals surface area (Å²) >= 11 is 0. The highest BCUT2D eigenvalue weighted by atomic mass is 16.5. The van der Waals surface area contributed by atoms with Crippen LogP contribution < -0.4 is 10.1 Å². The fourth-order valence-electron chi connectivity index (χ4n) is 2.47. The molecule has 1 saturated carbocycles.